The molecule has 0 aromatic carbocycles. The third-order valence-corrected chi connectivity index (χ3v) is 19.6. The zero-order valence-electron chi connectivity index (χ0n) is 68.4. The Morgan fingerprint density at radius 3 is 0.780 bits per heavy atom. The lowest BCUT2D eigenvalue weighted by Crippen LogP contribution is -2.30. The van der Waals surface area contributed by atoms with Crippen LogP contribution in [0.2, 0.25) is 0 Å². The highest BCUT2D eigenvalue weighted by Gasteiger charge is 2.29. The van der Waals surface area contributed by atoms with E-state index in [2.05, 4.69) is 179 Å². The number of carbonyl (C=O) groups is 3. The summed E-state index contributed by atoms with van der Waals surface area (Å²) in [4.78, 5) is 58.8. The number of ether oxygens (including phenoxy) is 3. The maximum absolute atomic E-state index is 13.0. The molecule has 5 atom stereocenters. The molecule has 5 unspecified atom stereocenters. The van der Waals surface area contributed by atoms with Crippen LogP contribution in [0.1, 0.15) is 342 Å². The first-order valence-electron chi connectivity index (χ1n) is 42.8. The quantitative estimate of drug-likeness (QED) is 0.0146. The first-order valence-corrected chi connectivity index (χ1v) is 45.8. The number of aliphatic hydroxyl groups is 2. The topological polar surface area (TPSA) is 231 Å². The molecular weight excluding hydrogens is 1410 g/mol. The molecule has 0 spiro atoms. The fraction of sp³-hybridized carbons (Fsp3) is 0.681. The Labute approximate surface area is 663 Å². The predicted molar refractivity (Wildman–Crippen MR) is 454 cm³/mol. The molecule has 109 heavy (non-hydrogen) atoms. The number of allylic oxidation sites excluding steroid dienone is 26. The van der Waals surface area contributed by atoms with E-state index >= 15 is 0 Å². The predicted octanol–water partition coefficient (Wildman–Crippen LogP) is 25.8. The van der Waals surface area contributed by atoms with Crippen molar-refractivity contribution < 1.29 is 75.8 Å². The lowest BCUT2D eigenvalue weighted by atomic mass is 10.0. The average molecular weight is 1570 g/mol. The highest BCUT2D eigenvalue weighted by atomic mass is 31.2. The molecular formula is C91H154O16P2. The van der Waals surface area contributed by atoms with Crippen molar-refractivity contribution in [1.29, 1.82) is 0 Å². The molecule has 0 amide bonds. The molecule has 4 N–H and O–H groups in total. The maximum Gasteiger partial charge on any atom is 0.472 e. The molecule has 16 nitrogen and oxygen atoms in total. The Kier molecular flexibility index (Phi) is 79.0. The fourth-order valence-electron chi connectivity index (χ4n) is 11.3. The second-order valence-corrected chi connectivity index (χ2v) is 31.1. The maximum atomic E-state index is 13.0. The molecule has 0 fully saturated rings. The van der Waals surface area contributed by atoms with E-state index < -0.39 is 91.5 Å². The summed E-state index contributed by atoms with van der Waals surface area (Å²) in [6, 6.07) is 0. The van der Waals surface area contributed by atoms with E-state index in [-0.39, 0.29) is 19.3 Å². The van der Waals surface area contributed by atoms with Gasteiger partial charge in [-0.1, -0.05) is 333 Å². The monoisotopic (exact) mass is 1570 g/mol. The Bertz CT molecular complexity index is 2610. The zero-order valence-corrected chi connectivity index (χ0v) is 70.2. The van der Waals surface area contributed by atoms with Crippen LogP contribution in [0.5, 0.6) is 0 Å². The molecule has 0 heterocycles. The van der Waals surface area contributed by atoms with Crippen molar-refractivity contribution in [1.82, 2.24) is 0 Å². The first kappa shape index (κ1) is 104. The van der Waals surface area contributed by atoms with Crippen molar-refractivity contribution >= 4 is 33.6 Å². The Balaban J connectivity index is 4.50. The number of phosphoric ester groups is 2. The fourth-order valence-corrected chi connectivity index (χ4v) is 12.9. The van der Waals surface area contributed by atoms with E-state index in [1.165, 1.54) is 103 Å². The second kappa shape index (κ2) is 82.6. The van der Waals surface area contributed by atoms with Crippen LogP contribution >= 0.6 is 15.6 Å². The summed E-state index contributed by atoms with van der Waals surface area (Å²) < 4.78 is 61.3. The summed E-state index contributed by atoms with van der Waals surface area (Å²) >= 11 is 0. The van der Waals surface area contributed by atoms with Gasteiger partial charge in [0.1, 0.15) is 25.4 Å². The third kappa shape index (κ3) is 83.9. The van der Waals surface area contributed by atoms with Crippen LogP contribution < -0.4 is 0 Å². The van der Waals surface area contributed by atoms with Crippen LogP contribution in [-0.4, -0.2) is 95.9 Å². The normalized spacial score (nSPS) is 14.7. The highest BCUT2D eigenvalue weighted by Crippen LogP contribution is 2.45. The number of esters is 3. The molecule has 0 saturated carbocycles. The van der Waals surface area contributed by atoms with Gasteiger partial charge >= 0.3 is 33.6 Å². The van der Waals surface area contributed by atoms with Crippen molar-refractivity contribution in [2.45, 2.75) is 360 Å². The molecule has 0 bridgehead atoms. The van der Waals surface area contributed by atoms with Gasteiger partial charge in [0.25, 0.3) is 0 Å². The van der Waals surface area contributed by atoms with E-state index in [4.69, 9.17) is 32.3 Å². The Hall–Kier alpha value is -4.83. The lowest BCUT2D eigenvalue weighted by molar-refractivity contribution is -0.161. The molecule has 0 aromatic heterocycles. The number of unbranched alkanes of at least 4 members (excludes halogenated alkanes) is 31. The Morgan fingerprint density at radius 1 is 0.266 bits per heavy atom. The number of carbonyl (C=O) groups excluding carboxylic acids is 3. The summed E-state index contributed by atoms with van der Waals surface area (Å²) in [6.45, 7) is 2.44. The minimum atomic E-state index is -4.94. The summed E-state index contributed by atoms with van der Waals surface area (Å²) in [7, 11) is -9.81. The molecule has 0 saturated heterocycles. The number of hydrogen-bond acceptors (Lipinski definition) is 14. The molecule has 0 radical (unpaired) electrons. The van der Waals surface area contributed by atoms with Crippen molar-refractivity contribution in [2.75, 3.05) is 39.6 Å². The van der Waals surface area contributed by atoms with Crippen molar-refractivity contribution in [2.24, 2.45) is 0 Å². The van der Waals surface area contributed by atoms with Gasteiger partial charge in [-0.05, 0) is 148 Å². The summed E-state index contributed by atoms with van der Waals surface area (Å²) in [6.07, 6.45) is 104. The number of aliphatic hydroxyl groups excluding tert-OH is 2. The van der Waals surface area contributed by atoms with Gasteiger partial charge in [-0.25, -0.2) is 9.13 Å². The van der Waals surface area contributed by atoms with E-state index in [1.807, 2.05) is 0 Å². The van der Waals surface area contributed by atoms with Crippen molar-refractivity contribution in [3.05, 3.63) is 158 Å². The highest BCUT2D eigenvalue weighted by molar-refractivity contribution is 7.47. The molecule has 0 aliphatic rings. The van der Waals surface area contributed by atoms with Gasteiger partial charge in [-0.2, -0.15) is 0 Å². The van der Waals surface area contributed by atoms with E-state index in [1.54, 1.807) is 0 Å². The first-order chi connectivity index (χ1) is 53.2. The number of phosphoric acid groups is 2. The molecule has 0 aliphatic heterocycles. The van der Waals surface area contributed by atoms with Crippen molar-refractivity contribution in [3.63, 3.8) is 0 Å². The van der Waals surface area contributed by atoms with Gasteiger partial charge < -0.3 is 34.2 Å². The van der Waals surface area contributed by atoms with Crippen LogP contribution in [0, 0.1) is 0 Å². The van der Waals surface area contributed by atoms with Crippen molar-refractivity contribution in [3.8, 4) is 0 Å². The number of rotatable bonds is 80. The van der Waals surface area contributed by atoms with Crippen LogP contribution in [0.4, 0.5) is 0 Å². The average Bonchev–Trinajstić information content (AvgIpc) is 0.903. The standard InChI is InChI=1S/C91H154O16P2/c1-4-7-10-13-16-19-22-25-28-30-32-34-36-38-39-40-41-42-43-44-45-47-49-50-52-54-57-59-62-65-68-71-74-77-89(94)101-80-86(92)81-103-108(97,98)104-82-87(93)83-105-109(99,100)106-85-88(107-91(96)79-76-73-70-67-64-61-56-27-24-21-18-15-12-9-6-3)84-102-90(95)78-75-72-69-66-63-60-58-55-53-51-48-46-37-35-33-31-29-26-23-20-17-14-11-8-5-2/h7-8,10-11,16-17,19-20,25-29,32-35,38-39,41-42,46,48,53,55-56,86-88,92-93H,4-6,9,12-15,18,21-24,30-31,36-37,40,43-45,47,49-52,54,57-85H2,1-3H3,(H,97,98)(H,99,100)/b10-7-,11-8-,19-16-,20-17-,28-25-,29-26-,34-32-,35-33-,39-38-,42-41-,48-46-,55-53-,56-27-. The summed E-state index contributed by atoms with van der Waals surface area (Å²) in [5.74, 6) is -1.60. The molecule has 18 heteroatoms. The molecule has 0 aliphatic carbocycles. The number of hydrogen-bond donors (Lipinski definition) is 4. The third-order valence-electron chi connectivity index (χ3n) is 17.7. The van der Waals surface area contributed by atoms with E-state index in [9.17, 15) is 43.5 Å². The molecule has 0 rings (SSSR count). The van der Waals surface area contributed by atoms with Crippen LogP contribution in [-0.2, 0) is 55.8 Å². The van der Waals surface area contributed by atoms with Gasteiger partial charge in [-0.3, -0.25) is 32.5 Å². The van der Waals surface area contributed by atoms with Gasteiger partial charge in [-0.15, -0.1) is 0 Å². The molecule has 0 aromatic rings. The largest absolute Gasteiger partial charge is 0.472 e. The lowest BCUT2D eigenvalue weighted by Gasteiger charge is -2.21. The zero-order chi connectivity index (χ0) is 79.4. The minimum absolute atomic E-state index is 0.0882. The van der Waals surface area contributed by atoms with Crippen LogP contribution in [0.15, 0.2) is 158 Å². The second-order valence-electron chi connectivity index (χ2n) is 28.2. The smallest absolute Gasteiger partial charge is 0.463 e. The van der Waals surface area contributed by atoms with Gasteiger partial charge in [0.05, 0.1) is 26.4 Å². The van der Waals surface area contributed by atoms with Gasteiger partial charge in [0, 0.05) is 19.3 Å². The Morgan fingerprint density at radius 2 is 0.486 bits per heavy atom. The van der Waals surface area contributed by atoms with Gasteiger partial charge in [0.2, 0.25) is 0 Å². The molecule has 624 valence electrons. The SMILES string of the molecule is CC/C=C\C/C=C\C/C=C\C/C=C\C/C=C\C/C=C\CCCCCCCCCCCCCCCCC(=O)OCC(O)COP(=O)(O)OCC(O)COP(=O)(O)OCC(COC(=O)CCCCCCCC/C=C\C/C=C\C/C=C\C/C=C\C/C=C\C/C=C\CC)OC(=O)CCCCCCC/C=C\CCCCCCCC. The minimum Gasteiger partial charge on any atom is -0.463 e. The van der Waals surface area contributed by atoms with Gasteiger partial charge in [0.15, 0.2) is 6.10 Å². The summed E-state index contributed by atoms with van der Waals surface area (Å²) in [5, 5.41) is 20.7. The van der Waals surface area contributed by atoms with E-state index in [0.29, 0.717) is 19.3 Å². The van der Waals surface area contributed by atoms with Crippen LogP contribution in [0.3, 0.4) is 0 Å². The summed E-state index contributed by atoms with van der Waals surface area (Å²) in [5.41, 5.74) is 0. The van der Waals surface area contributed by atoms with Crippen LogP contribution in [0.25, 0.3) is 0 Å². The van der Waals surface area contributed by atoms with E-state index in [0.717, 1.165) is 180 Å².